The molecular weight excluding hydrogens is 248 g/mol. The Bertz CT molecular complexity index is 477. The molecule has 0 aromatic heterocycles. The van der Waals surface area contributed by atoms with Crippen molar-refractivity contribution in [1.29, 1.82) is 0 Å². The van der Waals surface area contributed by atoms with Crippen molar-refractivity contribution < 1.29 is 24.2 Å². The second kappa shape index (κ2) is 5.94. The van der Waals surface area contributed by atoms with Crippen LogP contribution in [0.4, 0.5) is 0 Å². The summed E-state index contributed by atoms with van der Waals surface area (Å²) in [6.07, 6.45) is 0. The van der Waals surface area contributed by atoms with Crippen LogP contribution < -0.4 is 9.47 Å². The molecule has 17 heavy (non-hydrogen) atoms. The Morgan fingerprint density at radius 1 is 1.53 bits per heavy atom. The Morgan fingerprint density at radius 3 is 2.82 bits per heavy atom. The van der Waals surface area contributed by atoms with E-state index in [1.165, 1.54) is 24.1 Å². The lowest BCUT2D eigenvalue weighted by atomic mass is 10.3. The number of phenolic OH excluding ortho intramolecular Hbond substituents is 1. The summed E-state index contributed by atoms with van der Waals surface area (Å²) in [6, 6.07) is 4.12. The van der Waals surface area contributed by atoms with Gasteiger partial charge in [-0.25, -0.2) is 9.59 Å². The molecular formula is C11H9ClO5. The van der Waals surface area contributed by atoms with Crippen molar-refractivity contribution in [3.8, 4) is 17.2 Å². The summed E-state index contributed by atoms with van der Waals surface area (Å²) >= 11 is 5.22. The van der Waals surface area contributed by atoms with Crippen molar-refractivity contribution in [2.75, 3.05) is 6.61 Å². The van der Waals surface area contributed by atoms with Gasteiger partial charge in [-0.3, -0.25) is 0 Å². The lowest BCUT2D eigenvalue weighted by Crippen LogP contribution is -2.08. The van der Waals surface area contributed by atoms with Crippen LogP contribution >= 0.6 is 11.6 Å². The van der Waals surface area contributed by atoms with Crippen LogP contribution in [0.1, 0.15) is 6.92 Å². The van der Waals surface area contributed by atoms with Crippen LogP contribution in [0.25, 0.3) is 0 Å². The smallest absolute Gasteiger partial charge is 0.366 e. The molecule has 0 saturated carbocycles. The van der Waals surface area contributed by atoms with E-state index >= 15 is 0 Å². The highest BCUT2D eigenvalue weighted by atomic mass is 35.5. The summed E-state index contributed by atoms with van der Waals surface area (Å²) in [7, 11) is 0. The minimum atomic E-state index is -1.09. The third-order valence-electron chi connectivity index (χ3n) is 1.71. The maximum atomic E-state index is 11.2. The van der Waals surface area contributed by atoms with Crippen LogP contribution in [-0.4, -0.2) is 23.6 Å². The van der Waals surface area contributed by atoms with Gasteiger partial charge in [0.05, 0.1) is 6.61 Å². The van der Waals surface area contributed by atoms with Gasteiger partial charge in [0.15, 0.2) is 17.4 Å². The number of phenols is 1. The number of hydrogen-bond acceptors (Lipinski definition) is 5. The Hall–Kier alpha value is -1.97. The molecule has 1 N–H and O–H groups in total. The first-order valence-electron chi connectivity index (χ1n) is 4.67. The van der Waals surface area contributed by atoms with Crippen LogP contribution in [0.5, 0.6) is 17.2 Å². The fourth-order valence-corrected chi connectivity index (χ4v) is 1.06. The monoisotopic (exact) mass is 256 g/mol. The molecule has 1 aromatic rings. The van der Waals surface area contributed by atoms with Gasteiger partial charge in [-0.05, 0) is 19.1 Å². The Balaban J connectivity index is 2.93. The van der Waals surface area contributed by atoms with E-state index in [2.05, 4.69) is 4.74 Å². The molecule has 0 fully saturated rings. The SMILES string of the molecule is CCOc1ccc(O)c(OC(=O)C(Cl)=C=O)c1. The quantitative estimate of drug-likeness (QED) is 0.384. The molecule has 0 aliphatic heterocycles. The molecule has 1 rings (SSSR count). The van der Waals surface area contributed by atoms with E-state index < -0.39 is 11.0 Å². The zero-order valence-corrected chi connectivity index (χ0v) is 9.65. The van der Waals surface area contributed by atoms with Gasteiger partial charge in [-0.2, -0.15) is 0 Å². The normalized spacial score (nSPS) is 9.29. The van der Waals surface area contributed by atoms with Crippen molar-refractivity contribution in [2.45, 2.75) is 6.92 Å². The van der Waals surface area contributed by atoms with Crippen LogP contribution in [-0.2, 0) is 9.59 Å². The Morgan fingerprint density at radius 2 is 2.24 bits per heavy atom. The molecule has 0 bridgehead atoms. The minimum Gasteiger partial charge on any atom is -0.504 e. The third kappa shape index (κ3) is 3.52. The molecule has 90 valence electrons. The molecule has 0 spiro atoms. The lowest BCUT2D eigenvalue weighted by Gasteiger charge is -2.07. The summed E-state index contributed by atoms with van der Waals surface area (Å²) in [5, 5.41) is 8.69. The zero-order chi connectivity index (χ0) is 12.8. The summed E-state index contributed by atoms with van der Waals surface area (Å²) in [5.41, 5.74) is 0. The molecule has 0 unspecified atom stereocenters. The van der Waals surface area contributed by atoms with Crippen molar-refractivity contribution in [2.24, 2.45) is 0 Å². The highest BCUT2D eigenvalue weighted by Crippen LogP contribution is 2.30. The van der Waals surface area contributed by atoms with E-state index in [1.807, 2.05) is 0 Å². The summed E-state index contributed by atoms with van der Waals surface area (Å²) in [6.45, 7) is 2.21. The molecule has 5 nitrogen and oxygen atoms in total. The fraction of sp³-hybridized carbons (Fsp3) is 0.182. The van der Waals surface area contributed by atoms with E-state index in [9.17, 15) is 14.7 Å². The second-order valence-corrected chi connectivity index (χ2v) is 3.25. The van der Waals surface area contributed by atoms with Crippen molar-refractivity contribution in [3.63, 3.8) is 0 Å². The van der Waals surface area contributed by atoms with E-state index in [-0.39, 0.29) is 11.5 Å². The standard InChI is InChI=1S/C11H9ClO5/c1-2-16-7-3-4-9(14)10(5-7)17-11(15)8(12)6-13/h3-5,14H,2H2,1H3. The number of rotatable bonds is 4. The number of carbonyl (C=O) groups is 1. The predicted octanol–water partition coefficient (Wildman–Crippen LogP) is 1.65. The molecule has 0 saturated heterocycles. The molecule has 0 radical (unpaired) electrons. The summed E-state index contributed by atoms with van der Waals surface area (Å²) < 4.78 is 9.83. The van der Waals surface area contributed by atoms with Gasteiger partial charge in [0.2, 0.25) is 5.03 Å². The first-order valence-corrected chi connectivity index (χ1v) is 5.04. The van der Waals surface area contributed by atoms with Gasteiger partial charge in [0.1, 0.15) is 5.75 Å². The first kappa shape index (κ1) is 13.1. The van der Waals surface area contributed by atoms with Crippen molar-refractivity contribution in [3.05, 3.63) is 23.2 Å². The average molecular weight is 257 g/mol. The van der Waals surface area contributed by atoms with Gasteiger partial charge in [0, 0.05) is 6.07 Å². The third-order valence-corrected chi connectivity index (χ3v) is 1.95. The second-order valence-electron chi connectivity index (χ2n) is 2.87. The van der Waals surface area contributed by atoms with Crippen molar-refractivity contribution >= 4 is 23.5 Å². The topological polar surface area (TPSA) is 72.8 Å². The van der Waals surface area contributed by atoms with Gasteiger partial charge < -0.3 is 14.6 Å². The first-order chi connectivity index (χ1) is 8.08. The average Bonchev–Trinajstić information content (AvgIpc) is 2.32. The van der Waals surface area contributed by atoms with Gasteiger partial charge in [-0.15, -0.1) is 0 Å². The Labute approximate surface area is 102 Å². The Kier molecular flexibility index (Phi) is 4.57. The highest BCUT2D eigenvalue weighted by Gasteiger charge is 2.14. The zero-order valence-electron chi connectivity index (χ0n) is 8.90. The van der Waals surface area contributed by atoms with Crippen LogP contribution in [0.3, 0.4) is 0 Å². The molecule has 0 amide bonds. The maximum Gasteiger partial charge on any atom is 0.366 e. The largest absolute Gasteiger partial charge is 0.504 e. The van der Waals surface area contributed by atoms with Crippen LogP contribution in [0, 0.1) is 0 Å². The number of ether oxygens (including phenoxy) is 2. The molecule has 0 aliphatic carbocycles. The van der Waals surface area contributed by atoms with E-state index in [4.69, 9.17) is 16.3 Å². The van der Waals surface area contributed by atoms with E-state index in [0.29, 0.717) is 12.4 Å². The maximum absolute atomic E-state index is 11.2. The number of esters is 1. The van der Waals surface area contributed by atoms with E-state index in [0.717, 1.165) is 0 Å². The van der Waals surface area contributed by atoms with Gasteiger partial charge in [0.25, 0.3) is 0 Å². The number of aromatic hydroxyl groups is 1. The van der Waals surface area contributed by atoms with Gasteiger partial charge >= 0.3 is 5.97 Å². The fourth-order valence-electron chi connectivity index (χ4n) is 1.02. The van der Waals surface area contributed by atoms with E-state index in [1.54, 1.807) is 6.92 Å². The highest BCUT2D eigenvalue weighted by molar-refractivity contribution is 6.45. The number of hydrogen-bond donors (Lipinski definition) is 1. The van der Waals surface area contributed by atoms with Crippen LogP contribution in [0.15, 0.2) is 23.2 Å². The predicted molar refractivity (Wildman–Crippen MR) is 60.0 cm³/mol. The summed E-state index contributed by atoms with van der Waals surface area (Å²) in [4.78, 5) is 21.3. The van der Waals surface area contributed by atoms with Gasteiger partial charge in [-0.1, -0.05) is 11.6 Å². The van der Waals surface area contributed by atoms with Crippen LogP contribution in [0.2, 0.25) is 0 Å². The number of halogens is 1. The molecule has 0 heterocycles. The number of benzene rings is 1. The van der Waals surface area contributed by atoms with Crippen molar-refractivity contribution in [1.82, 2.24) is 0 Å². The minimum absolute atomic E-state index is 0.144. The lowest BCUT2D eigenvalue weighted by molar-refractivity contribution is -0.129. The molecule has 6 heteroatoms. The summed E-state index contributed by atoms with van der Waals surface area (Å²) in [5.74, 6) is 0.102. The molecule has 1 aromatic carbocycles. The number of carbonyl (C=O) groups excluding carboxylic acids is 2. The molecule has 0 aliphatic rings. The molecule has 0 atom stereocenters.